The molecular formula is C16H15N3O. The number of hydrogen-bond acceptors (Lipinski definition) is 4. The Morgan fingerprint density at radius 3 is 2.55 bits per heavy atom. The summed E-state index contributed by atoms with van der Waals surface area (Å²) in [6, 6.07) is 17.9. The van der Waals surface area contributed by atoms with Gasteiger partial charge in [0.2, 0.25) is 0 Å². The van der Waals surface area contributed by atoms with Gasteiger partial charge in [-0.1, -0.05) is 30.3 Å². The monoisotopic (exact) mass is 265 g/mol. The number of ether oxygens (including phenoxy) is 1. The van der Waals surface area contributed by atoms with Crippen molar-refractivity contribution < 1.29 is 4.74 Å². The first kappa shape index (κ1) is 12.4. The van der Waals surface area contributed by atoms with Gasteiger partial charge < -0.3 is 10.2 Å². The van der Waals surface area contributed by atoms with Crippen LogP contribution in [0, 0.1) is 0 Å². The van der Waals surface area contributed by atoms with Gasteiger partial charge in [0.25, 0.3) is 0 Å². The summed E-state index contributed by atoms with van der Waals surface area (Å²) in [5.41, 5.74) is 5.58. The number of rotatable bonds is 3. The van der Waals surface area contributed by atoms with E-state index in [9.17, 15) is 0 Å². The van der Waals surface area contributed by atoms with Crippen molar-refractivity contribution in [3.05, 3.63) is 54.6 Å². The van der Waals surface area contributed by atoms with E-state index in [0.29, 0.717) is 5.82 Å². The smallest absolute Gasteiger partial charge is 0.148 e. The molecule has 0 saturated heterocycles. The van der Waals surface area contributed by atoms with E-state index in [4.69, 9.17) is 10.6 Å². The van der Waals surface area contributed by atoms with Crippen molar-refractivity contribution in [2.24, 2.45) is 5.84 Å². The third kappa shape index (κ3) is 2.17. The van der Waals surface area contributed by atoms with Crippen LogP contribution in [0.5, 0.6) is 5.75 Å². The Labute approximate surface area is 117 Å². The van der Waals surface area contributed by atoms with E-state index in [1.54, 1.807) is 7.11 Å². The Balaban J connectivity index is 2.24. The maximum Gasteiger partial charge on any atom is 0.148 e. The number of aromatic nitrogens is 1. The molecule has 100 valence electrons. The van der Waals surface area contributed by atoms with Crippen molar-refractivity contribution in [2.75, 3.05) is 12.5 Å². The fraction of sp³-hybridized carbons (Fsp3) is 0.0625. The minimum Gasteiger partial charge on any atom is -0.497 e. The molecule has 0 aliphatic carbocycles. The Hall–Kier alpha value is -2.59. The summed E-state index contributed by atoms with van der Waals surface area (Å²) < 4.78 is 5.26. The lowest BCUT2D eigenvalue weighted by atomic mass is 10.0. The van der Waals surface area contributed by atoms with Gasteiger partial charge >= 0.3 is 0 Å². The van der Waals surface area contributed by atoms with E-state index in [-0.39, 0.29) is 0 Å². The predicted octanol–water partition coefficient (Wildman–Crippen LogP) is 3.20. The van der Waals surface area contributed by atoms with Crippen LogP contribution >= 0.6 is 0 Å². The molecule has 0 atom stereocenters. The molecule has 0 amide bonds. The topological polar surface area (TPSA) is 60.2 Å². The molecule has 0 saturated carbocycles. The molecule has 1 aromatic heterocycles. The molecule has 4 heteroatoms. The molecule has 3 rings (SSSR count). The number of fused-ring (bicyclic) bond motifs is 1. The molecule has 4 nitrogen and oxygen atoms in total. The molecule has 3 aromatic rings. The van der Waals surface area contributed by atoms with Gasteiger partial charge in [0.15, 0.2) is 0 Å². The molecule has 0 bridgehead atoms. The lowest BCUT2D eigenvalue weighted by Gasteiger charge is -2.11. The lowest BCUT2D eigenvalue weighted by Crippen LogP contribution is -2.10. The van der Waals surface area contributed by atoms with Gasteiger partial charge in [-0.3, -0.25) is 0 Å². The quantitative estimate of drug-likeness (QED) is 0.564. The van der Waals surface area contributed by atoms with Crippen LogP contribution < -0.4 is 16.0 Å². The molecule has 2 aromatic carbocycles. The Morgan fingerprint density at radius 1 is 1.05 bits per heavy atom. The maximum atomic E-state index is 5.60. The average Bonchev–Trinajstić information content (AvgIpc) is 2.53. The van der Waals surface area contributed by atoms with Gasteiger partial charge in [-0.15, -0.1) is 0 Å². The van der Waals surface area contributed by atoms with Crippen molar-refractivity contribution in [3.63, 3.8) is 0 Å². The minimum absolute atomic E-state index is 0.661. The van der Waals surface area contributed by atoms with Gasteiger partial charge in [-0.25, -0.2) is 10.8 Å². The van der Waals surface area contributed by atoms with E-state index < -0.39 is 0 Å². The number of anilines is 1. The fourth-order valence-corrected chi connectivity index (χ4v) is 2.23. The van der Waals surface area contributed by atoms with Crippen molar-refractivity contribution in [2.45, 2.75) is 0 Å². The zero-order valence-corrected chi connectivity index (χ0v) is 11.1. The van der Waals surface area contributed by atoms with Crippen LogP contribution in [0.25, 0.3) is 22.0 Å². The number of pyridine rings is 1. The molecule has 1 heterocycles. The largest absolute Gasteiger partial charge is 0.497 e. The van der Waals surface area contributed by atoms with Gasteiger partial charge in [0.05, 0.1) is 12.6 Å². The van der Waals surface area contributed by atoms with Crippen LogP contribution in [0.15, 0.2) is 54.6 Å². The van der Waals surface area contributed by atoms with Crippen molar-refractivity contribution in [1.82, 2.24) is 4.98 Å². The van der Waals surface area contributed by atoms with Gasteiger partial charge in [-0.2, -0.15) is 0 Å². The second-order valence-corrected chi connectivity index (χ2v) is 4.45. The number of nitrogen functional groups attached to an aromatic ring is 1. The van der Waals surface area contributed by atoms with E-state index >= 15 is 0 Å². The van der Waals surface area contributed by atoms with E-state index in [2.05, 4.69) is 16.5 Å². The van der Waals surface area contributed by atoms with Gasteiger partial charge in [-0.05, 0) is 29.8 Å². The molecule has 0 aliphatic rings. The molecule has 0 aliphatic heterocycles. The lowest BCUT2D eigenvalue weighted by molar-refractivity contribution is 0.415. The molecule has 0 unspecified atom stereocenters. The summed E-state index contributed by atoms with van der Waals surface area (Å²) in [5, 5.41) is 1.02. The SMILES string of the molecule is COc1ccc2nc(NN)c(-c3ccccc3)cc2c1. The van der Waals surface area contributed by atoms with Crippen molar-refractivity contribution >= 4 is 16.7 Å². The number of methoxy groups -OCH3 is 1. The first-order chi connectivity index (χ1) is 9.81. The summed E-state index contributed by atoms with van der Waals surface area (Å²) in [6.07, 6.45) is 0. The van der Waals surface area contributed by atoms with Crippen LogP contribution in [0.2, 0.25) is 0 Å². The third-order valence-electron chi connectivity index (χ3n) is 3.24. The van der Waals surface area contributed by atoms with Crippen LogP contribution in [0.3, 0.4) is 0 Å². The summed E-state index contributed by atoms with van der Waals surface area (Å²) >= 11 is 0. The maximum absolute atomic E-state index is 5.60. The Kier molecular flexibility index (Phi) is 3.23. The highest BCUT2D eigenvalue weighted by atomic mass is 16.5. The molecule has 0 radical (unpaired) electrons. The Morgan fingerprint density at radius 2 is 1.85 bits per heavy atom. The number of hydrogen-bond donors (Lipinski definition) is 2. The van der Waals surface area contributed by atoms with Crippen LogP contribution in [0.4, 0.5) is 5.82 Å². The zero-order valence-electron chi connectivity index (χ0n) is 11.1. The minimum atomic E-state index is 0.661. The molecule has 20 heavy (non-hydrogen) atoms. The number of nitrogens with two attached hydrogens (primary N) is 1. The zero-order chi connectivity index (χ0) is 13.9. The van der Waals surface area contributed by atoms with Crippen LogP contribution in [0.1, 0.15) is 0 Å². The molecule has 3 N–H and O–H groups in total. The molecular weight excluding hydrogens is 250 g/mol. The number of benzene rings is 2. The normalized spacial score (nSPS) is 10.5. The highest BCUT2D eigenvalue weighted by molar-refractivity contribution is 5.90. The summed E-state index contributed by atoms with van der Waals surface area (Å²) in [4.78, 5) is 4.55. The first-order valence-electron chi connectivity index (χ1n) is 6.32. The van der Waals surface area contributed by atoms with Crippen molar-refractivity contribution in [3.8, 4) is 16.9 Å². The van der Waals surface area contributed by atoms with Crippen LogP contribution in [-0.2, 0) is 0 Å². The van der Waals surface area contributed by atoms with E-state index in [0.717, 1.165) is 27.8 Å². The predicted molar refractivity (Wildman–Crippen MR) is 81.5 cm³/mol. The Bertz CT molecular complexity index is 741. The first-order valence-corrected chi connectivity index (χ1v) is 6.32. The standard InChI is InChI=1S/C16H15N3O/c1-20-13-7-8-15-12(9-13)10-14(16(18-15)19-17)11-5-3-2-4-6-11/h2-10H,17H2,1H3,(H,18,19). The third-order valence-corrected chi connectivity index (χ3v) is 3.24. The summed E-state index contributed by atoms with van der Waals surface area (Å²) in [7, 11) is 1.66. The number of nitrogens with zero attached hydrogens (tertiary/aromatic N) is 1. The van der Waals surface area contributed by atoms with Crippen molar-refractivity contribution in [1.29, 1.82) is 0 Å². The molecule has 0 spiro atoms. The van der Waals surface area contributed by atoms with E-state index in [1.165, 1.54) is 0 Å². The number of hydrazine groups is 1. The van der Waals surface area contributed by atoms with Gasteiger partial charge in [0.1, 0.15) is 11.6 Å². The molecule has 0 fully saturated rings. The second kappa shape index (κ2) is 5.19. The second-order valence-electron chi connectivity index (χ2n) is 4.45. The van der Waals surface area contributed by atoms with E-state index in [1.807, 2.05) is 48.5 Å². The highest BCUT2D eigenvalue weighted by Gasteiger charge is 2.08. The summed E-state index contributed by atoms with van der Waals surface area (Å²) in [5.74, 6) is 7.07. The average molecular weight is 265 g/mol. The summed E-state index contributed by atoms with van der Waals surface area (Å²) in [6.45, 7) is 0. The highest BCUT2D eigenvalue weighted by Crippen LogP contribution is 2.30. The fourth-order valence-electron chi connectivity index (χ4n) is 2.23. The van der Waals surface area contributed by atoms with Gasteiger partial charge in [0, 0.05) is 10.9 Å². The number of nitrogens with one attached hydrogen (secondary N) is 1. The van der Waals surface area contributed by atoms with Crippen LogP contribution in [-0.4, -0.2) is 12.1 Å².